The molecule has 0 heterocycles. The smallest absolute Gasteiger partial charge is 0.0491 e. The van der Waals surface area contributed by atoms with Gasteiger partial charge in [0.25, 0.3) is 0 Å². The molecule has 0 aliphatic rings. The summed E-state index contributed by atoms with van der Waals surface area (Å²) in [6.07, 6.45) is 4.67. The first kappa shape index (κ1) is 6.34. The third kappa shape index (κ3) is 5.34. The van der Waals surface area contributed by atoms with Gasteiger partial charge in [0.15, 0.2) is 0 Å². The quantitative estimate of drug-likeness (QED) is 0.472. The number of rotatable bonds is 2. The van der Waals surface area contributed by atoms with Gasteiger partial charge in [0.05, 0.1) is 0 Å². The number of azo groups is 1. The molecule has 0 fully saturated rings. The molecule has 0 aliphatic carbocycles. The average molecular weight is 98.1 g/mol. The molecule has 0 aromatic carbocycles. The van der Waals surface area contributed by atoms with E-state index in [2.05, 4.69) is 17.2 Å². The summed E-state index contributed by atoms with van der Waals surface area (Å²) in [6, 6.07) is 0. The SMILES string of the molecule is CC/C=C/N=NC. The molecule has 0 unspecified atom stereocenters. The normalized spacial score (nSPS) is 11.7. The maximum atomic E-state index is 3.61. The van der Waals surface area contributed by atoms with Crippen LogP contribution in [-0.2, 0) is 0 Å². The zero-order chi connectivity index (χ0) is 5.54. The van der Waals surface area contributed by atoms with Gasteiger partial charge in [0.1, 0.15) is 0 Å². The molecule has 2 heteroatoms. The highest BCUT2D eigenvalue weighted by molar-refractivity contribution is 4.75. The van der Waals surface area contributed by atoms with Crippen LogP contribution >= 0.6 is 0 Å². The summed E-state index contributed by atoms with van der Waals surface area (Å²) >= 11 is 0. The molecule has 0 atom stereocenters. The molecule has 0 bridgehead atoms. The van der Waals surface area contributed by atoms with Crippen LogP contribution in [0.3, 0.4) is 0 Å². The van der Waals surface area contributed by atoms with Gasteiger partial charge in [-0.3, -0.25) is 0 Å². The zero-order valence-corrected chi connectivity index (χ0v) is 4.76. The molecular weight excluding hydrogens is 88.1 g/mol. The Morgan fingerprint density at radius 1 is 1.57 bits per heavy atom. The van der Waals surface area contributed by atoms with E-state index < -0.39 is 0 Å². The summed E-state index contributed by atoms with van der Waals surface area (Å²) in [5, 5.41) is 7.12. The van der Waals surface area contributed by atoms with Crippen molar-refractivity contribution in [2.75, 3.05) is 7.05 Å². The fourth-order valence-electron chi connectivity index (χ4n) is 0.219. The highest BCUT2D eigenvalue weighted by Gasteiger charge is 1.58. The van der Waals surface area contributed by atoms with Gasteiger partial charge in [0, 0.05) is 13.2 Å². The molecule has 0 N–H and O–H groups in total. The van der Waals surface area contributed by atoms with Gasteiger partial charge in [-0.15, -0.1) is 0 Å². The van der Waals surface area contributed by atoms with Crippen molar-refractivity contribution in [3.63, 3.8) is 0 Å². The lowest BCUT2D eigenvalue weighted by Crippen LogP contribution is -1.49. The minimum Gasteiger partial charge on any atom is -0.193 e. The maximum absolute atomic E-state index is 3.61. The number of hydrogen-bond acceptors (Lipinski definition) is 2. The molecule has 0 saturated carbocycles. The van der Waals surface area contributed by atoms with Crippen LogP contribution in [0.4, 0.5) is 0 Å². The first-order valence-corrected chi connectivity index (χ1v) is 2.35. The summed E-state index contributed by atoms with van der Waals surface area (Å²) in [7, 11) is 1.65. The van der Waals surface area contributed by atoms with Crippen LogP contribution < -0.4 is 0 Å². The minimum atomic E-state index is 1.03. The third-order valence-electron chi connectivity index (χ3n) is 0.523. The lowest BCUT2D eigenvalue weighted by Gasteiger charge is -1.70. The van der Waals surface area contributed by atoms with Gasteiger partial charge in [-0.25, -0.2) is 0 Å². The minimum absolute atomic E-state index is 1.03. The Morgan fingerprint density at radius 3 is 2.71 bits per heavy atom. The second-order valence-corrected chi connectivity index (χ2v) is 1.11. The molecule has 7 heavy (non-hydrogen) atoms. The predicted octanol–water partition coefficient (Wildman–Crippen LogP) is 1.99. The molecule has 0 aromatic heterocycles. The van der Waals surface area contributed by atoms with E-state index in [-0.39, 0.29) is 0 Å². The average Bonchev–Trinajstić information content (AvgIpc) is 1.69. The second kappa shape index (κ2) is 5.34. The van der Waals surface area contributed by atoms with E-state index in [1.807, 2.05) is 6.08 Å². The van der Waals surface area contributed by atoms with E-state index in [0.29, 0.717) is 0 Å². The van der Waals surface area contributed by atoms with Crippen molar-refractivity contribution in [2.45, 2.75) is 13.3 Å². The van der Waals surface area contributed by atoms with Gasteiger partial charge in [-0.2, -0.15) is 10.2 Å². The lowest BCUT2D eigenvalue weighted by molar-refractivity contribution is 1.13. The summed E-state index contributed by atoms with van der Waals surface area (Å²) in [4.78, 5) is 0. The molecule has 0 spiro atoms. The zero-order valence-electron chi connectivity index (χ0n) is 4.76. The van der Waals surface area contributed by atoms with Crippen molar-refractivity contribution in [3.8, 4) is 0 Å². The summed E-state index contributed by atoms with van der Waals surface area (Å²) in [6.45, 7) is 2.06. The molecule has 0 rings (SSSR count). The van der Waals surface area contributed by atoms with Crippen LogP contribution in [0, 0.1) is 0 Å². The molecule has 0 aromatic rings. The highest BCUT2D eigenvalue weighted by Crippen LogP contribution is 1.79. The van der Waals surface area contributed by atoms with Gasteiger partial charge >= 0.3 is 0 Å². The van der Waals surface area contributed by atoms with Crippen molar-refractivity contribution in [2.24, 2.45) is 10.2 Å². The molecule has 0 amide bonds. The Morgan fingerprint density at radius 2 is 2.29 bits per heavy atom. The van der Waals surface area contributed by atoms with Crippen LogP contribution in [0.25, 0.3) is 0 Å². The lowest BCUT2D eigenvalue weighted by atomic mass is 10.5. The fraction of sp³-hybridized carbons (Fsp3) is 0.600. The van der Waals surface area contributed by atoms with E-state index in [0.717, 1.165) is 6.42 Å². The predicted molar refractivity (Wildman–Crippen MR) is 30.2 cm³/mol. The Balaban J connectivity index is 3.09. The van der Waals surface area contributed by atoms with E-state index in [1.165, 1.54) is 0 Å². The largest absolute Gasteiger partial charge is 0.193 e. The van der Waals surface area contributed by atoms with Gasteiger partial charge < -0.3 is 0 Å². The van der Waals surface area contributed by atoms with Crippen LogP contribution in [0.2, 0.25) is 0 Å². The first-order valence-electron chi connectivity index (χ1n) is 2.35. The molecule has 0 radical (unpaired) electrons. The molecule has 0 aliphatic heterocycles. The summed E-state index contributed by atoms with van der Waals surface area (Å²) in [5.74, 6) is 0. The number of allylic oxidation sites excluding steroid dienone is 1. The topological polar surface area (TPSA) is 24.7 Å². The van der Waals surface area contributed by atoms with E-state index in [1.54, 1.807) is 13.2 Å². The summed E-state index contributed by atoms with van der Waals surface area (Å²) in [5.41, 5.74) is 0. The fourth-order valence-corrected chi connectivity index (χ4v) is 0.219. The van der Waals surface area contributed by atoms with Crippen LogP contribution in [0.1, 0.15) is 13.3 Å². The molecule has 40 valence electrons. The van der Waals surface area contributed by atoms with Gasteiger partial charge in [0.2, 0.25) is 0 Å². The standard InChI is InChI=1S/C5H10N2/c1-3-4-5-7-6-2/h4-5H,3H2,1-2H3/b5-4+,7-6?. The van der Waals surface area contributed by atoms with E-state index in [9.17, 15) is 0 Å². The highest BCUT2D eigenvalue weighted by atomic mass is 15.1. The Bertz CT molecular complexity index is 74.1. The molecular formula is C5H10N2. The maximum Gasteiger partial charge on any atom is 0.0491 e. The van der Waals surface area contributed by atoms with Crippen LogP contribution in [0.5, 0.6) is 0 Å². The van der Waals surface area contributed by atoms with Crippen LogP contribution in [0.15, 0.2) is 22.5 Å². The van der Waals surface area contributed by atoms with E-state index in [4.69, 9.17) is 0 Å². The Labute approximate surface area is 44.0 Å². The van der Waals surface area contributed by atoms with Crippen molar-refractivity contribution < 1.29 is 0 Å². The van der Waals surface area contributed by atoms with E-state index >= 15 is 0 Å². The Hall–Kier alpha value is -0.660. The monoisotopic (exact) mass is 98.1 g/mol. The van der Waals surface area contributed by atoms with Gasteiger partial charge in [-0.1, -0.05) is 13.0 Å². The molecule has 0 saturated heterocycles. The second-order valence-electron chi connectivity index (χ2n) is 1.11. The van der Waals surface area contributed by atoms with Crippen LogP contribution in [-0.4, -0.2) is 7.05 Å². The number of nitrogens with zero attached hydrogens (tertiary/aromatic N) is 2. The number of hydrogen-bond donors (Lipinski definition) is 0. The molecule has 2 nitrogen and oxygen atoms in total. The Kier molecular flexibility index (Phi) is 4.84. The van der Waals surface area contributed by atoms with Gasteiger partial charge in [-0.05, 0) is 6.42 Å². The van der Waals surface area contributed by atoms with Crippen molar-refractivity contribution in [3.05, 3.63) is 12.3 Å². The van der Waals surface area contributed by atoms with Crippen molar-refractivity contribution >= 4 is 0 Å². The first-order chi connectivity index (χ1) is 3.41. The van der Waals surface area contributed by atoms with Crippen molar-refractivity contribution in [1.29, 1.82) is 0 Å². The third-order valence-corrected chi connectivity index (χ3v) is 0.523. The van der Waals surface area contributed by atoms with Crippen molar-refractivity contribution in [1.82, 2.24) is 0 Å². The summed E-state index contributed by atoms with van der Waals surface area (Å²) < 4.78 is 0.